The maximum atomic E-state index is 13.3. The summed E-state index contributed by atoms with van der Waals surface area (Å²) in [6.45, 7) is 2.01. The molecule has 0 atom stereocenters. The Bertz CT molecular complexity index is 614. The smallest absolute Gasteiger partial charge is 0.254 e. The molecule has 0 aliphatic rings. The molecular weight excluding hydrogens is 271 g/mol. The Morgan fingerprint density at radius 3 is 2.84 bits per heavy atom. The highest BCUT2D eigenvalue weighted by atomic mass is 35.5. The Kier molecular flexibility index (Phi) is 3.80. The van der Waals surface area contributed by atoms with Gasteiger partial charge in [-0.25, -0.2) is 9.37 Å². The van der Waals surface area contributed by atoms with Gasteiger partial charge in [0.25, 0.3) is 5.91 Å². The van der Waals surface area contributed by atoms with Crippen LogP contribution in [-0.4, -0.2) is 33.0 Å². The quantitative estimate of drug-likeness (QED) is 0.938. The van der Waals surface area contributed by atoms with Crippen LogP contribution in [0.2, 0.25) is 5.02 Å². The van der Waals surface area contributed by atoms with Gasteiger partial charge >= 0.3 is 0 Å². The van der Waals surface area contributed by atoms with Crippen LogP contribution in [0.25, 0.3) is 0 Å². The molecule has 2 rings (SSSR count). The molecule has 0 radical (unpaired) electrons. The monoisotopic (exact) mass is 282 g/mol. The highest BCUT2D eigenvalue weighted by molar-refractivity contribution is 6.30. The van der Waals surface area contributed by atoms with Crippen LogP contribution in [0.4, 0.5) is 4.39 Å². The Hall–Kier alpha value is -1.95. The van der Waals surface area contributed by atoms with Crippen LogP contribution < -0.4 is 0 Å². The molecule has 0 spiro atoms. The fourth-order valence-corrected chi connectivity index (χ4v) is 1.71. The molecule has 0 saturated heterocycles. The number of aryl methyl sites for hydroxylation is 1. The van der Waals surface area contributed by atoms with E-state index in [2.05, 4.69) is 15.2 Å². The van der Waals surface area contributed by atoms with Gasteiger partial charge in [-0.15, -0.1) is 0 Å². The molecule has 0 aliphatic carbocycles. The molecule has 1 N–H and O–H groups in total. The summed E-state index contributed by atoms with van der Waals surface area (Å²) in [5.74, 6) is 0.240. The van der Waals surface area contributed by atoms with Crippen molar-refractivity contribution in [3.05, 3.63) is 46.3 Å². The van der Waals surface area contributed by atoms with E-state index in [0.717, 1.165) is 6.07 Å². The van der Waals surface area contributed by atoms with Crippen LogP contribution in [0.15, 0.2) is 18.2 Å². The molecule has 0 fully saturated rings. The molecule has 7 heteroatoms. The lowest BCUT2D eigenvalue weighted by Crippen LogP contribution is -2.26. The summed E-state index contributed by atoms with van der Waals surface area (Å²) >= 11 is 5.57. The average Bonchev–Trinajstić information content (AvgIpc) is 2.77. The third kappa shape index (κ3) is 3.08. The average molecular weight is 283 g/mol. The fraction of sp³-hybridized carbons (Fsp3) is 0.250. The topological polar surface area (TPSA) is 61.9 Å². The number of H-pyrrole nitrogens is 1. The second kappa shape index (κ2) is 5.36. The number of carbonyl (C=O) groups is 1. The van der Waals surface area contributed by atoms with Crippen molar-refractivity contribution in [3.8, 4) is 0 Å². The van der Waals surface area contributed by atoms with E-state index in [1.165, 1.54) is 17.0 Å². The normalized spacial score (nSPS) is 10.5. The van der Waals surface area contributed by atoms with Crippen LogP contribution in [0.3, 0.4) is 0 Å². The predicted octanol–water partition coefficient (Wildman–Crippen LogP) is 2.18. The Morgan fingerprint density at radius 2 is 2.26 bits per heavy atom. The van der Waals surface area contributed by atoms with E-state index < -0.39 is 5.82 Å². The van der Waals surface area contributed by atoms with Gasteiger partial charge in [-0.1, -0.05) is 11.6 Å². The molecule has 2 aromatic rings. The fourth-order valence-electron chi connectivity index (χ4n) is 1.59. The maximum absolute atomic E-state index is 13.3. The van der Waals surface area contributed by atoms with Crippen LogP contribution >= 0.6 is 11.6 Å². The molecule has 1 aromatic carbocycles. The van der Waals surface area contributed by atoms with Crippen molar-refractivity contribution in [1.82, 2.24) is 20.1 Å². The molecule has 1 amide bonds. The molecule has 0 aliphatic heterocycles. The summed E-state index contributed by atoms with van der Waals surface area (Å²) in [7, 11) is 1.60. The van der Waals surface area contributed by atoms with E-state index in [1.807, 2.05) is 0 Å². The van der Waals surface area contributed by atoms with Gasteiger partial charge in [0.05, 0.1) is 11.6 Å². The van der Waals surface area contributed by atoms with Crippen molar-refractivity contribution in [3.63, 3.8) is 0 Å². The lowest BCUT2D eigenvalue weighted by Gasteiger charge is -2.15. The highest BCUT2D eigenvalue weighted by Crippen LogP contribution is 2.16. The van der Waals surface area contributed by atoms with Crippen molar-refractivity contribution in [2.75, 3.05) is 7.05 Å². The van der Waals surface area contributed by atoms with E-state index in [-0.39, 0.29) is 23.0 Å². The van der Waals surface area contributed by atoms with Gasteiger partial charge in [0.2, 0.25) is 0 Å². The molecule has 1 heterocycles. The standard InChI is InChI=1S/C12H12ClFN4O/c1-7-15-11(17-16-7)6-18(2)12(19)8-3-4-9(13)10(14)5-8/h3-5H,6H2,1-2H3,(H,15,16,17). The lowest BCUT2D eigenvalue weighted by molar-refractivity contribution is 0.0781. The molecular formula is C12H12ClFN4O. The number of hydrogen-bond acceptors (Lipinski definition) is 3. The predicted molar refractivity (Wildman–Crippen MR) is 68.3 cm³/mol. The van der Waals surface area contributed by atoms with E-state index in [1.54, 1.807) is 14.0 Å². The van der Waals surface area contributed by atoms with Gasteiger partial charge in [0.1, 0.15) is 11.6 Å². The van der Waals surface area contributed by atoms with Gasteiger partial charge in [0.15, 0.2) is 5.82 Å². The Labute approximate surface area is 114 Å². The molecule has 1 aromatic heterocycles. The summed E-state index contributed by atoms with van der Waals surface area (Å²) in [6.07, 6.45) is 0. The van der Waals surface area contributed by atoms with Crippen LogP contribution in [0, 0.1) is 12.7 Å². The molecule has 100 valence electrons. The first-order chi connectivity index (χ1) is 8.97. The number of carbonyl (C=O) groups excluding carboxylic acids is 1. The number of amides is 1. The van der Waals surface area contributed by atoms with Gasteiger partial charge in [-0.2, -0.15) is 5.10 Å². The van der Waals surface area contributed by atoms with Crippen molar-refractivity contribution in [2.45, 2.75) is 13.5 Å². The van der Waals surface area contributed by atoms with E-state index in [0.29, 0.717) is 11.6 Å². The minimum absolute atomic E-state index is 0.0104. The molecule has 5 nitrogen and oxygen atoms in total. The third-order valence-electron chi connectivity index (χ3n) is 2.54. The van der Waals surface area contributed by atoms with Crippen LogP contribution in [0.1, 0.15) is 22.0 Å². The third-order valence-corrected chi connectivity index (χ3v) is 2.84. The van der Waals surface area contributed by atoms with Crippen molar-refractivity contribution >= 4 is 17.5 Å². The summed E-state index contributed by atoms with van der Waals surface area (Å²) in [4.78, 5) is 17.6. The van der Waals surface area contributed by atoms with Gasteiger partial charge in [0, 0.05) is 12.6 Å². The lowest BCUT2D eigenvalue weighted by atomic mass is 10.2. The number of nitrogens with zero attached hydrogens (tertiary/aromatic N) is 3. The number of aromatic amines is 1. The zero-order chi connectivity index (χ0) is 14.0. The maximum Gasteiger partial charge on any atom is 0.254 e. The van der Waals surface area contributed by atoms with Crippen LogP contribution in [-0.2, 0) is 6.54 Å². The zero-order valence-corrected chi connectivity index (χ0v) is 11.2. The largest absolute Gasteiger partial charge is 0.334 e. The van der Waals surface area contributed by atoms with Crippen molar-refractivity contribution in [1.29, 1.82) is 0 Å². The first kappa shape index (κ1) is 13.5. The second-order valence-corrected chi connectivity index (χ2v) is 4.53. The Morgan fingerprint density at radius 1 is 1.53 bits per heavy atom. The number of halogens is 2. The first-order valence-corrected chi connectivity index (χ1v) is 5.93. The summed E-state index contributed by atoms with van der Waals surface area (Å²) < 4.78 is 13.3. The van der Waals surface area contributed by atoms with Crippen molar-refractivity contribution < 1.29 is 9.18 Å². The van der Waals surface area contributed by atoms with E-state index >= 15 is 0 Å². The first-order valence-electron chi connectivity index (χ1n) is 5.56. The minimum atomic E-state index is -0.616. The van der Waals surface area contributed by atoms with Gasteiger partial charge in [-0.05, 0) is 25.1 Å². The van der Waals surface area contributed by atoms with E-state index in [4.69, 9.17) is 11.6 Å². The van der Waals surface area contributed by atoms with Crippen LogP contribution in [0.5, 0.6) is 0 Å². The summed E-state index contributed by atoms with van der Waals surface area (Å²) in [5, 5.41) is 6.62. The number of hydrogen-bond donors (Lipinski definition) is 1. The SMILES string of the molecule is Cc1nc(CN(C)C(=O)c2ccc(Cl)c(F)c2)n[nH]1. The Balaban J connectivity index is 2.12. The molecule has 0 bridgehead atoms. The second-order valence-electron chi connectivity index (χ2n) is 4.13. The number of benzene rings is 1. The highest BCUT2D eigenvalue weighted by Gasteiger charge is 2.15. The van der Waals surface area contributed by atoms with Gasteiger partial charge in [-0.3, -0.25) is 9.89 Å². The van der Waals surface area contributed by atoms with Crippen molar-refractivity contribution in [2.24, 2.45) is 0 Å². The molecule has 0 unspecified atom stereocenters. The number of nitrogens with one attached hydrogen (secondary N) is 1. The zero-order valence-electron chi connectivity index (χ0n) is 10.4. The number of aromatic nitrogens is 3. The van der Waals surface area contributed by atoms with Gasteiger partial charge < -0.3 is 4.90 Å². The molecule has 19 heavy (non-hydrogen) atoms. The minimum Gasteiger partial charge on any atom is -0.334 e. The van der Waals surface area contributed by atoms with E-state index in [9.17, 15) is 9.18 Å². The summed E-state index contributed by atoms with van der Waals surface area (Å²) in [5.41, 5.74) is 0.233. The number of rotatable bonds is 3. The molecule has 0 saturated carbocycles. The summed E-state index contributed by atoms with van der Waals surface area (Å²) in [6, 6.07) is 3.95.